The van der Waals surface area contributed by atoms with Crippen molar-refractivity contribution in [2.45, 2.75) is 6.42 Å². The maximum Gasteiger partial charge on any atom is 0.145 e. The van der Waals surface area contributed by atoms with Gasteiger partial charge >= 0.3 is 0 Å². The minimum absolute atomic E-state index is 0.161. The Hall–Kier alpha value is -2.04. The number of aromatic nitrogens is 2. The van der Waals surface area contributed by atoms with Gasteiger partial charge in [-0.3, -0.25) is 0 Å². The van der Waals surface area contributed by atoms with Crippen LogP contribution in [0.25, 0.3) is 5.65 Å². The quantitative estimate of drug-likeness (QED) is 0.315. The van der Waals surface area contributed by atoms with Crippen LogP contribution in [-0.4, -0.2) is 20.4 Å². The van der Waals surface area contributed by atoms with Crippen LogP contribution in [0, 0.1) is 0 Å². The summed E-state index contributed by atoms with van der Waals surface area (Å²) in [6.07, 6.45) is 4.11. The van der Waals surface area contributed by atoms with Crippen LogP contribution >= 0.6 is 0 Å². The highest BCUT2D eigenvalue weighted by atomic mass is 16.4. The zero-order valence-electron chi connectivity index (χ0n) is 7.46. The number of amidine groups is 1. The summed E-state index contributed by atoms with van der Waals surface area (Å²) in [5, 5.41) is 11.3. The summed E-state index contributed by atoms with van der Waals surface area (Å²) in [4.78, 5) is 4.29. The van der Waals surface area contributed by atoms with E-state index >= 15 is 0 Å². The summed E-state index contributed by atoms with van der Waals surface area (Å²) in [5.41, 5.74) is 7.02. The second-order valence-corrected chi connectivity index (χ2v) is 2.97. The fourth-order valence-corrected chi connectivity index (χ4v) is 1.29. The Balaban J connectivity index is 2.36. The smallest absolute Gasteiger partial charge is 0.145 e. The number of rotatable bonds is 2. The molecule has 2 heterocycles. The number of pyridine rings is 1. The lowest BCUT2D eigenvalue weighted by Gasteiger charge is -1.91. The zero-order chi connectivity index (χ0) is 9.97. The second kappa shape index (κ2) is 3.37. The van der Waals surface area contributed by atoms with Crippen molar-refractivity contribution >= 4 is 11.5 Å². The predicted octanol–water partition coefficient (Wildman–Crippen LogP) is 0.623. The van der Waals surface area contributed by atoms with Gasteiger partial charge in [0.2, 0.25) is 0 Å². The van der Waals surface area contributed by atoms with Crippen LogP contribution in [0.15, 0.2) is 35.7 Å². The van der Waals surface area contributed by atoms with Gasteiger partial charge in [-0.1, -0.05) is 11.2 Å². The Labute approximate surface area is 80.5 Å². The summed E-state index contributed by atoms with van der Waals surface area (Å²) in [6, 6.07) is 5.73. The van der Waals surface area contributed by atoms with Crippen molar-refractivity contribution in [3.8, 4) is 0 Å². The van der Waals surface area contributed by atoms with Crippen LogP contribution in [0.2, 0.25) is 0 Å². The number of hydrogen-bond acceptors (Lipinski definition) is 3. The second-order valence-electron chi connectivity index (χ2n) is 2.97. The Morgan fingerprint density at radius 2 is 2.43 bits per heavy atom. The standard InChI is InChI=1S/C9H10N4O/c10-8(12-14)5-7-6-13-4-2-1-3-9(13)11-7/h1-4,6,14H,5H2,(H2,10,12). The van der Waals surface area contributed by atoms with Gasteiger partial charge in [0.25, 0.3) is 0 Å². The number of imidazole rings is 1. The molecule has 0 radical (unpaired) electrons. The Morgan fingerprint density at radius 3 is 3.14 bits per heavy atom. The van der Waals surface area contributed by atoms with Gasteiger partial charge in [-0.2, -0.15) is 0 Å². The van der Waals surface area contributed by atoms with E-state index in [0.29, 0.717) is 6.42 Å². The van der Waals surface area contributed by atoms with E-state index < -0.39 is 0 Å². The molecule has 5 nitrogen and oxygen atoms in total. The maximum atomic E-state index is 8.40. The molecule has 3 N–H and O–H groups in total. The summed E-state index contributed by atoms with van der Waals surface area (Å²) < 4.78 is 1.89. The number of nitrogens with two attached hydrogens (primary N) is 1. The van der Waals surface area contributed by atoms with Crippen molar-refractivity contribution in [1.82, 2.24) is 9.38 Å². The lowest BCUT2D eigenvalue weighted by molar-refractivity contribution is 0.317. The number of fused-ring (bicyclic) bond motifs is 1. The largest absolute Gasteiger partial charge is 0.409 e. The van der Waals surface area contributed by atoms with E-state index in [1.54, 1.807) is 0 Å². The van der Waals surface area contributed by atoms with Gasteiger partial charge in [-0.25, -0.2) is 4.98 Å². The van der Waals surface area contributed by atoms with Crippen molar-refractivity contribution in [2.75, 3.05) is 0 Å². The molecule has 0 fully saturated rings. The number of hydrogen-bond donors (Lipinski definition) is 2. The van der Waals surface area contributed by atoms with Crippen LogP contribution in [0.1, 0.15) is 5.69 Å². The molecule has 2 aromatic rings. The first-order valence-corrected chi connectivity index (χ1v) is 4.18. The molecule has 0 amide bonds. The van der Waals surface area contributed by atoms with Gasteiger partial charge in [0.15, 0.2) is 0 Å². The molecule has 0 spiro atoms. The van der Waals surface area contributed by atoms with E-state index in [1.165, 1.54) is 0 Å². The normalized spacial score (nSPS) is 12.1. The topological polar surface area (TPSA) is 75.9 Å². The third-order valence-corrected chi connectivity index (χ3v) is 1.90. The highest BCUT2D eigenvalue weighted by Crippen LogP contribution is 2.04. The zero-order valence-corrected chi connectivity index (χ0v) is 7.46. The Bertz CT molecular complexity index is 441. The molecule has 0 aliphatic carbocycles. The van der Waals surface area contributed by atoms with E-state index in [9.17, 15) is 0 Å². The van der Waals surface area contributed by atoms with Crippen molar-refractivity contribution in [2.24, 2.45) is 10.9 Å². The fourth-order valence-electron chi connectivity index (χ4n) is 1.29. The minimum Gasteiger partial charge on any atom is -0.409 e. The van der Waals surface area contributed by atoms with Crippen LogP contribution in [0.4, 0.5) is 0 Å². The third kappa shape index (κ3) is 1.52. The SMILES string of the molecule is NC(Cc1cn2ccccc2n1)=NO. The van der Waals surface area contributed by atoms with Crippen LogP contribution < -0.4 is 5.73 Å². The molecule has 2 aromatic heterocycles. The molecule has 0 aliphatic heterocycles. The van der Waals surface area contributed by atoms with Crippen LogP contribution in [-0.2, 0) is 6.42 Å². The first-order valence-electron chi connectivity index (χ1n) is 4.18. The lowest BCUT2D eigenvalue weighted by atomic mass is 10.3. The maximum absolute atomic E-state index is 8.40. The minimum atomic E-state index is 0.161. The Morgan fingerprint density at radius 1 is 1.57 bits per heavy atom. The van der Waals surface area contributed by atoms with Crippen molar-refractivity contribution < 1.29 is 5.21 Å². The molecule has 72 valence electrons. The molecule has 0 aliphatic rings. The highest BCUT2D eigenvalue weighted by Gasteiger charge is 2.02. The molecule has 0 saturated heterocycles. The van der Waals surface area contributed by atoms with E-state index in [2.05, 4.69) is 10.1 Å². The number of nitrogens with zero attached hydrogens (tertiary/aromatic N) is 3. The van der Waals surface area contributed by atoms with Gasteiger partial charge in [-0.15, -0.1) is 0 Å². The predicted molar refractivity (Wildman–Crippen MR) is 52.3 cm³/mol. The van der Waals surface area contributed by atoms with Gasteiger partial charge in [-0.05, 0) is 12.1 Å². The van der Waals surface area contributed by atoms with Gasteiger partial charge < -0.3 is 15.3 Å². The fraction of sp³-hybridized carbons (Fsp3) is 0.111. The first kappa shape index (κ1) is 8.55. The molecule has 0 saturated carbocycles. The van der Waals surface area contributed by atoms with Crippen molar-refractivity contribution in [3.05, 3.63) is 36.3 Å². The summed E-state index contributed by atoms with van der Waals surface area (Å²) in [7, 11) is 0. The third-order valence-electron chi connectivity index (χ3n) is 1.90. The monoisotopic (exact) mass is 190 g/mol. The van der Waals surface area contributed by atoms with E-state index in [0.717, 1.165) is 11.3 Å². The van der Waals surface area contributed by atoms with E-state index in [-0.39, 0.29) is 5.84 Å². The molecule has 14 heavy (non-hydrogen) atoms. The summed E-state index contributed by atoms with van der Waals surface area (Å²) in [6.45, 7) is 0. The van der Waals surface area contributed by atoms with E-state index in [4.69, 9.17) is 10.9 Å². The summed E-state index contributed by atoms with van der Waals surface area (Å²) >= 11 is 0. The molecular formula is C9H10N4O. The number of oxime groups is 1. The first-order chi connectivity index (χ1) is 6.79. The van der Waals surface area contributed by atoms with Gasteiger partial charge in [0.05, 0.1) is 12.1 Å². The van der Waals surface area contributed by atoms with E-state index in [1.807, 2.05) is 35.0 Å². The Kier molecular flexibility index (Phi) is 2.06. The summed E-state index contributed by atoms with van der Waals surface area (Å²) in [5.74, 6) is 0.161. The molecule has 0 bridgehead atoms. The lowest BCUT2D eigenvalue weighted by Crippen LogP contribution is -2.14. The van der Waals surface area contributed by atoms with Crippen LogP contribution in [0.5, 0.6) is 0 Å². The molecule has 2 rings (SSSR count). The molecular weight excluding hydrogens is 180 g/mol. The highest BCUT2D eigenvalue weighted by molar-refractivity contribution is 5.81. The van der Waals surface area contributed by atoms with Gasteiger partial charge in [0, 0.05) is 12.4 Å². The van der Waals surface area contributed by atoms with Crippen molar-refractivity contribution in [1.29, 1.82) is 0 Å². The average Bonchev–Trinajstić information content (AvgIpc) is 2.59. The molecule has 5 heteroatoms. The van der Waals surface area contributed by atoms with Crippen molar-refractivity contribution in [3.63, 3.8) is 0 Å². The molecule has 0 atom stereocenters. The average molecular weight is 190 g/mol. The van der Waals surface area contributed by atoms with Crippen LogP contribution in [0.3, 0.4) is 0 Å². The van der Waals surface area contributed by atoms with Gasteiger partial charge in [0.1, 0.15) is 11.5 Å². The molecule has 0 aromatic carbocycles. The molecule has 0 unspecified atom stereocenters.